The first-order chi connectivity index (χ1) is 9.10. The minimum Gasteiger partial charge on any atom is -0.312 e. The Morgan fingerprint density at radius 3 is 2.68 bits per heavy atom. The van der Waals surface area contributed by atoms with Gasteiger partial charge < -0.3 is 5.32 Å². The smallest absolute Gasteiger partial charge is 0.0991 e. The van der Waals surface area contributed by atoms with E-state index in [0.717, 1.165) is 30.2 Å². The topological polar surface area (TPSA) is 37.8 Å². The van der Waals surface area contributed by atoms with Crippen molar-refractivity contribution in [2.45, 2.75) is 46.6 Å². The van der Waals surface area contributed by atoms with Gasteiger partial charge in [-0.1, -0.05) is 20.8 Å². The summed E-state index contributed by atoms with van der Waals surface area (Å²) < 4.78 is 0. The van der Waals surface area contributed by atoms with E-state index < -0.39 is 0 Å². The van der Waals surface area contributed by atoms with Gasteiger partial charge in [0.1, 0.15) is 0 Å². The number of rotatable bonds is 6. The van der Waals surface area contributed by atoms with Crippen LogP contribution in [0.2, 0.25) is 0 Å². The lowest BCUT2D eigenvalue weighted by Gasteiger charge is -2.04. The monoisotopic (exact) mass is 295 g/mol. The fraction of sp³-hybridized carbons (Fsp3) is 0.571. The largest absolute Gasteiger partial charge is 0.312 e. The Hall–Kier alpha value is -0.780. The van der Waals surface area contributed by atoms with Crippen molar-refractivity contribution in [2.75, 3.05) is 6.54 Å². The maximum atomic E-state index is 4.81. The van der Waals surface area contributed by atoms with Crippen LogP contribution in [0.4, 0.5) is 0 Å². The van der Waals surface area contributed by atoms with E-state index >= 15 is 0 Å². The standard InChI is InChI=1S/C14H21N3S2/c1-5-15-7-12-14(9(2)3)17-13(19-12)6-11-8-18-10(4)16-11/h8-9,15H,5-7H2,1-4H3. The minimum absolute atomic E-state index is 0.482. The van der Waals surface area contributed by atoms with Gasteiger partial charge in [0.2, 0.25) is 0 Å². The molecule has 0 saturated carbocycles. The number of hydrogen-bond acceptors (Lipinski definition) is 5. The van der Waals surface area contributed by atoms with Crippen LogP contribution in [0.15, 0.2) is 5.38 Å². The number of hydrogen-bond donors (Lipinski definition) is 1. The molecule has 0 unspecified atom stereocenters. The summed E-state index contributed by atoms with van der Waals surface area (Å²) in [5.41, 5.74) is 2.38. The van der Waals surface area contributed by atoms with Gasteiger partial charge >= 0.3 is 0 Å². The lowest BCUT2D eigenvalue weighted by Crippen LogP contribution is -2.12. The van der Waals surface area contributed by atoms with Crippen molar-refractivity contribution < 1.29 is 0 Å². The number of thiazole rings is 2. The molecular weight excluding hydrogens is 274 g/mol. The summed E-state index contributed by atoms with van der Waals surface area (Å²) in [7, 11) is 0. The third kappa shape index (κ3) is 3.84. The van der Waals surface area contributed by atoms with E-state index in [2.05, 4.69) is 36.5 Å². The molecule has 2 heterocycles. The third-order valence-electron chi connectivity index (χ3n) is 2.85. The van der Waals surface area contributed by atoms with Crippen LogP contribution in [0.25, 0.3) is 0 Å². The normalized spacial score (nSPS) is 11.4. The number of aryl methyl sites for hydroxylation is 1. The molecule has 3 nitrogen and oxygen atoms in total. The molecule has 2 aromatic heterocycles. The van der Waals surface area contributed by atoms with Crippen LogP contribution in [-0.2, 0) is 13.0 Å². The van der Waals surface area contributed by atoms with Crippen LogP contribution >= 0.6 is 22.7 Å². The maximum absolute atomic E-state index is 4.81. The first-order valence-electron chi connectivity index (χ1n) is 6.70. The van der Waals surface area contributed by atoms with Gasteiger partial charge in [0.15, 0.2) is 0 Å². The molecule has 0 aliphatic rings. The zero-order valence-electron chi connectivity index (χ0n) is 12.0. The maximum Gasteiger partial charge on any atom is 0.0991 e. The van der Waals surface area contributed by atoms with Crippen molar-refractivity contribution >= 4 is 22.7 Å². The fourth-order valence-electron chi connectivity index (χ4n) is 1.95. The first kappa shape index (κ1) is 14.6. The van der Waals surface area contributed by atoms with Crippen molar-refractivity contribution in [3.63, 3.8) is 0 Å². The van der Waals surface area contributed by atoms with Crippen LogP contribution in [0, 0.1) is 6.92 Å². The average molecular weight is 295 g/mol. The molecule has 0 spiro atoms. The van der Waals surface area contributed by atoms with Crippen molar-refractivity contribution in [3.8, 4) is 0 Å². The average Bonchev–Trinajstić information content (AvgIpc) is 2.94. The van der Waals surface area contributed by atoms with Crippen LogP contribution < -0.4 is 5.32 Å². The summed E-state index contributed by atoms with van der Waals surface area (Å²) in [5, 5.41) is 7.84. The molecule has 104 valence electrons. The molecule has 2 aromatic rings. The summed E-state index contributed by atoms with van der Waals surface area (Å²) in [6.07, 6.45) is 0.862. The van der Waals surface area contributed by atoms with Crippen molar-refractivity contribution in [3.05, 3.63) is 31.7 Å². The Morgan fingerprint density at radius 2 is 2.11 bits per heavy atom. The van der Waals surface area contributed by atoms with Crippen molar-refractivity contribution in [1.29, 1.82) is 0 Å². The van der Waals surface area contributed by atoms with E-state index in [1.165, 1.54) is 15.6 Å². The van der Waals surface area contributed by atoms with Crippen molar-refractivity contribution in [1.82, 2.24) is 15.3 Å². The van der Waals surface area contributed by atoms with E-state index in [1.807, 2.05) is 18.3 Å². The van der Waals surface area contributed by atoms with Crippen LogP contribution in [-0.4, -0.2) is 16.5 Å². The SMILES string of the molecule is CCNCc1sc(Cc2csc(C)n2)nc1C(C)C. The summed E-state index contributed by atoms with van der Waals surface area (Å²) in [4.78, 5) is 10.7. The minimum atomic E-state index is 0.482. The Balaban J connectivity index is 2.16. The molecule has 19 heavy (non-hydrogen) atoms. The summed E-state index contributed by atoms with van der Waals surface area (Å²) in [6, 6.07) is 0. The van der Waals surface area contributed by atoms with E-state index in [-0.39, 0.29) is 0 Å². The molecule has 0 atom stereocenters. The highest BCUT2D eigenvalue weighted by atomic mass is 32.1. The number of aromatic nitrogens is 2. The van der Waals surface area contributed by atoms with Gasteiger partial charge in [-0.3, -0.25) is 0 Å². The lowest BCUT2D eigenvalue weighted by atomic mass is 10.1. The molecule has 0 fully saturated rings. The fourth-order valence-corrected chi connectivity index (χ4v) is 3.77. The first-order valence-corrected chi connectivity index (χ1v) is 8.40. The second-order valence-corrected chi connectivity index (χ2v) is 7.12. The molecular formula is C14H21N3S2. The molecule has 0 saturated heterocycles. The number of nitrogens with one attached hydrogen (secondary N) is 1. The predicted molar refractivity (Wildman–Crippen MR) is 83.2 cm³/mol. The molecule has 0 amide bonds. The molecule has 5 heteroatoms. The molecule has 0 bridgehead atoms. The van der Waals surface area contributed by atoms with Gasteiger partial charge in [-0.2, -0.15) is 0 Å². The quantitative estimate of drug-likeness (QED) is 0.882. The van der Waals surface area contributed by atoms with E-state index in [4.69, 9.17) is 4.98 Å². The number of nitrogens with zero attached hydrogens (tertiary/aromatic N) is 2. The van der Waals surface area contributed by atoms with Gasteiger partial charge in [-0.25, -0.2) is 9.97 Å². The van der Waals surface area contributed by atoms with Crippen LogP contribution in [0.5, 0.6) is 0 Å². The molecule has 0 aromatic carbocycles. The van der Waals surface area contributed by atoms with Gasteiger partial charge in [0, 0.05) is 23.2 Å². The second kappa shape index (κ2) is 6.59. The van der Waals surface area contributed by atoms with E-state index in [1.54, 1.807) is 11.3 Å². The highest BCUT2D eigenvalue weighted by Crippen LogP contribution is 2.27. The highest BCUT2D eigenvalue weighted by Gasteiger charge is 2.14. The summed E-state index contributed by atoms with van der Waals surface area (Å²) >= 11 is 3.53. The van der Waals surface area contributed by atoms with Gasteiger partial charge in [-0.05, 0) is 19.4 Å². The van der Waals surface area contributed by atoms with Gasteiger partial charge in [0.25, 0.3) is 0 Å². The Morgan fingerprint density at radius 1 is 1.32 bits per heavy atom. The van der Waals surface area contributed by atoms with Crippen LogP contribution in [0.1, 0.15) is 53.0 Å². The molecule has 0 aliphatic heterocycles. The molecule has 1 N–H and O–H groups in total. The predicted octanol–water partition coefficient (Wildman–Crippen LogP) is 3.73. The van der Waals surface area contributed by atoms with E-state index in [9.17, 15) is 0 Å². The zero-order valence-corrected chi connectivity index (χ0v) is 13.6. The van der Waals surface area contributed by atoms with E-state index in [0.29, 0.717) is 5.92 Å². The second-order valence-electron chi connectivity index (χ2n) is 4.89. The zero-order chi connectivity index (χ0) is 13.8. The Bertz CT molecular complexity index is 529. The Kier molecular flexibility index (Phi) is 5.07. The Labute approximate surface area is 123 Å². The molecule has 0 aliphatic carbocycles. The summed E-state index contributed by atoms with van der Waals surface area (Å²) in [6.45, 7) is 10.5. The third-order valence-corrected chi connectivity index (χ3v) is 4.75. The highest BCUT2D eigenvalue weighted by molar-refractivity contribution is 7.11. The van der Waals surface area contributed by atoms with Crippen LogP contribution in [0.3, 0.4) is 0 Å². The lowest BCUT2D eigenvalue weighted by molar-refractivity contribution is 0.713. The van der Waals surface area contributed by atoms with Gasteiger partial charge in [0.05, 0.1) is 21.4 Å². The molecule has 2 rings (SSSR count). The summed E-state index contributed by atoms with van der Waals surface area (Å²) in [5.74, 6) is 0.482. The van der Waals surface area contributed by atoms with Crippen molar-refractivity contribution in [2.24, 2.45) is 0 Å². The van der Waals surface area contributed by atoms with Gasteiger partial charge in [-0.15, -0.1) is 22.7 Å². The molecule has 0 radical (unpaired) electrons.